The van der Waals surface area contributed by atoms with E-state index in [1.165, 1.54) is 0 Å². The lowest BCUT2D eigenvalue weighted by Crippen LogP contribution is -2.47. The maximum atomic E-state index is 11.3. The van der Waals surface area contributed by atoms with Gasteiger partial charge in [0.2, 0.25) is 0 Å². The quantitative estimate of drug-likeness (QED) is 0.795. The Morgan fingerprint density at radius 2 is 1.78 bits per heavy atom. The summed E-state index contributed by atoms with van der Waals surface area (Å²) < 4.78 is 5.10. The van der Waals surface area contributed by atoms with Crippen LogP contribution in [-0.4, -0.2) is 40.5 Å². The van der Waals surface area contributed by atoms with Crippen LogP contribution in [0.3, 0.4) is 0 Å². The molecule has 0 saturated heterocycles. The molecule has 1 saturated carbocycles. The molecule has 1 aromatic rings. The number of hydrogen-bond acceptors (Lipinski definition) is 4. The Labute approximate surface area is 136 Å². The highest BCUT2D eigenvalue weighted by molar-refractivity contribution is 5.87. The lowest BCUT2D eigenvalue weighted by molar-refractivity contribution is 0.0419. The molecule has 0 atom stereocenters. The number of aliphatic hydroxyl groups is 1. The minimum absolute atomic E-state index is 0.182. The van der Waals surface area contributed by atoms with Gasteiger partial charge in [0.1, 0.15) is 5.60 Å². The Balaban J connectivity index is 0.000000253. The van der Waals surface area contributed by atoms with E-state index in [2.05, 4.69) is 5.32 Å². The van der Waals surface area contributed by atoms with E-state index in [9.17, 15) is 9.59 Å². The number of hydrogen-bond donors (Lipinski definition) is 3. The molecule has 0 heterocycles. The van der Waals surface area contributed by atoms with Crippen molar-refractivity contribution >= 4 is 12.1 Å². The first-order valence-corrected chi connectivity index (χ1v) is 7.60. The van der Waals surface area contributed by atoms with E-state index in [0.29, 0.717) is 11.5 Å². The molecule has 2 rings (SSSR count). The summed E-state index contributed by atoms with van der Waals surface area (Å²) in [4.78, 5) is 21.5. The summed E-state index contributed by atoms with van der Waals surface area (Å²) in [5, 5.41) is 19.9. The van der Waals surface area contributed by atoms with Gasteiger partial charge in [-0.1, -0.05) is 18.2 Å². The highest BCUT2D eigenvalue weighted by Gasteiger charge is 2.30. The summed E-state index contributed by atoms with van der Waals surface area (Å²) in [6, 6.07) is 8.48. The van der Waals surface area contributed by atoms with E-state index in [0.717, 1.165) is 12.8 Å². The number of ether oxygens (including phenoxy) is 1. The summed E-state index contributed by atoms with van der Waals surface area (Å²) in [6.07, 6.45) is 1.35. The minimum atomic E-state index is -0.879. The van der Waals surface area contributed by atoms with Crippen molar-refractivity contribution in [2.24, 2.45) is 5.92 Å². The first-order chi connectivity index (χ1) is 10.7. The van der Waals surface area contributed by atoms with Gasteiger partial charge in [-0.15, -0.1) is 0 Å². The summed E-state index contributed by atoms with van der Waals surface area (Å²) in [6.45, 7) is 5.73. The van der Waals surface area contributed by atoms with Crippen molar-refractivity contribution in [1.82, 2.24) is 5.32 Å². The SMILES string of the molecule is CC(C)(C)OC(=O)NC1CC(CO)C1.O=C(O)c1ccccc1. The van der Waals surface area contributed by atoms with Crippen molar-refractivity contribution in [2.75, 3.05) is 6.61 Å². The number of carbonyl (C=O) groups is 2. The Bertz CT molecular complexity index is 503. The summed E-state index contributed by atoms with van der Waals surface area (Å²) in [7, 11) is 0. The lowest BCUT2D eigenvalue weighted by Gasteiger charge is -2.34. The number of aliphatic hydroxyl groups excluding tert-OH is 1. The van der Waals surface area contributed by atoms with Gasteiger partial charge >= 0.3 is 12.1 Å². The molecule has 0 spiro atoms. The highest BCUT2D eigenvalue weighted by Crippen LogP contribution is 2.26. The van der Waals surface area contributed by atoms with Crippen LogP contribution in [0.1, 0.15) is 44.0 Å². The zero-order valence-corrected chi connectivity index (χ0v) is 13.8. The van der Waals surface area contributed by atoms with Crippen LogP contribution in [0.4, 0.5) is 4.79 Å². The molecule has 0 aliphatic heterocycles. The van der Waals surface area contributed by atoms with Gasteiger partial charge in [-0.25, -0.2) is 9.59 Å². The maximum absolute atomic E-state index is 11.3. The van der Waals surface area contributed by atoms with Crippen LogP contribution in [0, 0.1) is 5.92 Å². The van der Waals surface area contributed by atoms with E-state index in [1.807, 2.05) is 20.8 Å². The van der Waals surface area contributed by atoms with Gasteiger partial charge in [0.15, 0.2) is 0 Å². The highest BCUT2D eigenvalue weighted by atomic mass is 16.6. The monoisotopic (exact) mass is 323 g/mol. The van der Waals surface area contributed by atoms with Gasteiger partial charge in [0.05, 0.1) is 5.56 Å². The third-order valence-corrected chi connectivity index (χ3v) is 3.24. The number of carboxylic acid groups (broad SMARTS) is 1. The van der Waals surface area contributed by atoms with Crippen LogP contribution < -0.4 is 5.32 Å². The average molecular weight is 323 g/mol. The molecule has 1 aliphatic rings. The number of rotatable bonds is 3. The smallest absolute Gasteiger partial charge is 0.407 e. The number of carbonyl (C=O) groups excluding carboxylic acids is 1. The second kappa shape index (κ2) is 8.53. The molecule has 0 radical (unpaired) electrons. The van der Waals surface area contributed by atoms with Crippen molar-refractivity contribution in [3.05, 3.63) is 35.9 Å². The molecular weight excluding hydrogens is 298 g/mol. The Kier molecular flexibility index (Phi) is 7.03. The van der Waals surface area contributed by atoms with Crippen LogP contribution in [-0.2, 0) is 4.74 Å². The van der Waals surface area contributed by atoms with Crippen LogP contribution in [0.15, 0.2) is 30.3 Å². The van der Waals surface area contributed by atoms with Crippen molar-refractivity contribution in [3.8, 4) is 0 Å². The molecule has 6 heteroatoms. The normalized spacial score (nSPS) is 19.7. The standard InChI is InChI=1S/C10H19NO3.C7H6O2/c1-10(2,3)14-9(13)11-8-4-7(5-8)6-12;8-7(9)6-4-2-1-3-5-6/h7-8,12H,4-6H2,1-3H3,(H,11,13);1-5H,(H,8,9). The van der Waals surface area contributed by atoms with Crippen molar-refractivity contribution in [1.29, 1.82) is 0 Å². The molecule has 0 unspecified atom stereocenters. The van der Waals surface area contributed by atoms with Crippen molar-refractivity contribution in [3.63, 3.8) is 0 Å². The maximum Gasteiger partial charge on any atom is 0.407 e. The fourth-order valence-electron chi connectivity index (χ4n) is 2.06. The Morgan fingerprint density at radius 3 is 2.17 bits per heavy atom. The summed E-state index contributed by atoms with van der Waals surface area (Å²) in [5.74, 6) is -0.523. The van der Waals surface area contributed by atoms with Crippen LogP contribution in [0.2, 0.25) is 0 Å². The average Bonchev–Trinajstić information content (AvgIpc) is 2.42. The number of aromatic carboxylic acids is 1. The molecule has 1 aromatic carbocycles. The Morgan fingerprint density at radius 1 is 1.22 bits per heavy atom. The van der Waals surface area contributed by atoms with E-state index in [4.69, 9.17) is 14.9 Å². The fourth-order valence-corrected chi connectivity index (χ4v) is 2.06. The van der Waals surface area contributed by atoms with Crippen LogP contribution in [0.25, 0.3) is 0 Å². The van der Waals surface area contributed by atoms with Gasteiger partial charge in [-0.3, -0.25) is 0 Å². The molecule has 0 aromatic heterocycles. The number of benzene rings is 1. The van der Waals surface area contributed by atoms with Crippen LogP contribution >= 0.6 is 0 Å². The molecule has 1 aliphatic carbocycles. The first-order valence-electron chi connectivity index (χ1n) is 7.60. The van der Waals surface area contributed by atoms with Crippen molar-refractivity contribution in [2.45, 2.75) is 45.3 Å². The van der Waals surface area contributed by atoms with Crippen molar-refractivity contribution < 1.29 is 24.5 Å². The zero-order chi connectivity index (χ0) is 17.5. The number of nitrogens with one attached hydrogen (secondary N) is 1. The molecule has 3 N–H and O–H groups in total. The molecule has 1 fully saturated rings. The second-order valence-corrected chi connectivity index (χ2v) is 6.53. The number of amides is 1. The number of alkyl carbamates (subject to hydrolysis) is 1. The van der Waals surface area contributed by atoms with Gasteiger partial charge < -0.3 is 20.3 Å². The predicted octanol–water partition coefficient (Wildman–Crippen LogP) is 2.67. The largest absolute Gasteiger partial charge is 0.478 e. The first kappa shape index (κ1) is 19.0. The molecule has 128 valence electrons. The van der Waals surface area contributed by atoms with Crippen LogP contribution in [0.5, 0.6) is 0 Å². The van der Waals surface area contributed by atoms with E-state index >= 15 is 0 Å². The van der Waals surface area contributed by atoms with E-state index < -0.39 is 11.6 Å². The van der Waals surface area contributed by atoms with Gasteiger partial charge in [-0.05, 0) is 51.7 Å². The summed E-state index contributed by atoms with van der Waals surface area (Å²) >= 11 is 0. The predicted molar refractivity (Wildman–Crippen MR) is 86.4 cm³/mol. The molecule has 1 amide bonds. The molecular formula is C17H25NO5. The lowest BCUT2D eigenvalue weighted by atomic mass is 9.81. The van der Waals surface area contributed by atoms with Gasteiger partial charge in [0.25, 0.3) is 0 Å². The minimum Gasteiger partial charge on any atom is -0.478 e. The van der Waals surface area contributed by atoms with E-state index in [-0.39, 0.29) is 18.7 Å². The summed E-state index contributed by atoms with van der Waals surface area (Å²) in [5.41, 5.74) is -0.109. The van der Waals surface area contributed by atoms with E-state index in [1.54, 1.807) is 30.3 Å². The third-order valence-electron chi connectivity index (χ3n) is 3.24. The third kappa shape index (κ3) is 7.65. The van der Waals surface area contributed by atoms with Gasteiger partial charge in [0, 0.05) is 12.6 Å². The second-order valence-electron chi connectivity index (χ2n) is 6.53. The molecule has 6 nitrogen and oxygen atoms in total. The van der Waals surface area contributed by atoms with Gasteiger partial charge in [-0.2, -0.15) is 0 Å². The fraction of sp³-hybridized carbons (Fsp3) is 0.529. The number of carboxylic acids is 1. The zero-order valence-electron chi connectivity index (χ0n) is 13.8. The Hall–Kier alpha value is -2.08. The molecule has 0 bridgehead atoms. The topological polar surface area (TPSA) is 95.9 Å². The molecule has 23 heavy (non-hydrogen) atoms.